The summed E-state index contributed by atoms with van der Waals surface area (Å²) in [5, 5.41) is 8.33. The number of amides is 2. The average molecular weight is 454 g/mol. The second-order valence-corrected chi connectivity index (χ2v) is 9.44. The van der Waals surface area contributed by atoms with Crippen LogP contribution in [0.15, 0.2) is 24.4 Å². The Bertz CT molecular complexity index is 1030. The maximum atomic E-state index is 13.3. The topological polar surface area (TPSA) is 89.8 Å². The van der Waals surface area contributed by atoms with Gasteiger partial charge in [0, 0.05) is 44.7 Å². The van der Waals surface area contributed by atoms with Crippen molar-refractivity contribution in [2.45, 2.75) is 51.7 Å². The Labute approximate surface area is 193 Å². The molecule has 0 aliphatic carbocycles. The van der Waals surface area contributed by atoms with Gasteiger partial charge < -0.3 is 19.3 Å². The lowest BCUT2D eigenvalue weighted by Crippen LogP contribution is -2.52. The quantitative estimate of drug-likeness (QED) is 0.659. The van der Waals surface area contributed by atoms with Gasteiger partial charge in [-0.25, -0.2) is 0 Å². The van der Waals surface area contributed by atoms with E-state index in [1.165, 1.54) is 0 Å². The summed E-state index contributed by atoms with van der Waals surface area (Å²) in [7, 11) is 1.58. The van der Waals surface area contributed by atoms with Crippen LogP contribution < -0.4 is 9.47 Å². The molecule has 2 fully saturated rings. The maximum Gasteiger partial charge on any atom is 0.253 e. The average Bonchev–Trinajstić information content (AvgIpc) is 3.30. The van der Waals surface area contributed by atoms with Gasteiger partial charge in [-0.2, -0.15) is 0 Å². The van der Waals surface area contributed by atoms with E-state index in [0.29, 0.717) is 48.8 Å². The molecule has 1 aromatic carbocycles. The smallest absolute Gasteiger partial charge is 0.253 e. The molecule has 5 heterocycles. The van der Waals surface area contributed by atoms with Crippen molar-refractivity contribution in [2.75, 3.05) is 33.3 Å². The second-order valence-electron chi connectivity index (χ2n) is 9.44. The number of rotatable bonds is 1. The van der Waals surface area contributed by atoms with Crippen molar-refractivity contribution in [3.63, 3.8) is 0 Å². The highest BCUT2D eigenvalue weighted by Crippen LogP contribution is 2.40. The lowest BCUT2D eigenvalue weighted by Gasteiger charge is -2.47. The molecular weight excluding hydrogens is 422 g/mol. The molecule has 6 rings (SSSR count). The van der Waals surface area contributed by atoms with E-state index >= 15 is 0 Å². The minimum absolute atomic E-state index is 0.00459. The van der Waals surface area contributed by atoms with Crippen molar-refractivity contribution in [1.82, 2.24) is 24.8 Å². The van der Waals surface area contributed by atoms with Crippen LogP contribution in [0.2, 0.25) is 0 Å². The number of aromatic nitrogens is 3. The number of carbonyl (C=O) groups is 2. The Kier molecular flexibility index (Phi) is 5.95. The molecule has 0 atom stereocenters. The maximum absolute atomic E-state index is 13.3. The standard InChI is InChI=1S/C24H31N5O4/c1-32-20-6-5-18-14-21(20)33-16-19-15-29(26-25-19)11-2-4-22(30)28-10-3-7-24(17-28)8-12-27(13-9-24)23(18)31/h5-6,14-15H,2-4,7-13,16-17H2,1H3. The first-order valence-electron chi connectivity index (χ1n) is 11.8. The molecule has 2 saturated heterocycles. The predicted molar refractivity (Wildman–Crippen MR) is 120 cm³/mol. The summed E-state index contributed by atoms with van der Waals surface area (Å²) in [4.78, 5) is 30.1. The molecule has 4 aliphatic rings. The van der Waals surface area contributed by atoms with Crippen LogP contribution in [0.4, 0.5) is 0 Å². The number of aryl methyl sites for hydroxylation is 1. The van der Waals surface area contributed by atoms with Crippen molar-refractivity contribution >= 4 is 11.8 Å². The summed E-state index contributed by atoms with van der Waals surface area (Å²) < 4.78 is 13.1. The summed E-state index contributed by atoms with van der Waals surface area (Å²) in [6.07, 6.45) is 7.10. The summed E-state index contributed by atoms with van der Waals surface area (Å²) in [6.45, 7) is 3.92. The zero-order chi connectivity index (χ0) is 22.8. The molecule has 0 radical (unpaired) electrons. The van der Waals surface area contributed by atoms with Gasteiger partial charge in [-0.1, -0.05) is 5.21 Å². The van der Waals surface area contributed by atoms with E-state index < -0.39 is 0 Å². The number of nitrogens with zero attached hydrogens (tertiary/aromatic N) is 5. The molecule has 0 N–H and O–H groups in total. The minimum atomic E-state index is 0.00459. The normalized spacial score (nSPS) is 21.1. The van der Waals surface area contributed by atoms with Gasteiger partial charge in [0.25, 0.3) is 5.91 Å². The molecule has 4 aliphatic heterocycles. The van der Waals surface area contributed by atoms with Crippen LogP contribution in [-0.2, 0) is 17.9 Å². The number of carbonyl (C=O) groups excluding carboxylic acids is 2. The first-order chi connectivity index (χ1) is 16.0. The van der Waals surface area contributed by atoms with E-state index in [4.69, 9.17) is 9.47 Å². The van der Waals surface area contributed by atoms with Gasteiger partial charge in [-0.05, 0) is 55.7 Å². The van der Waals surface area contributed by atoms with E-state index in [1.807, 2.05) is 16.0 Å². The number of methoxy groups -OCH3 is 1. The third-order valence-electron chi connectivity index (χ3n) is 7.28. The highest BCUT2D eigenvalue weighted by Gasteiger charge is 2.40. The van der Waals surface area contributed by atoms with Gasteiger partial charge >= 0.3 is 0 Å². The van der Waals surface area contributed by atoms with Gasteiger partial charge in [0.2, 0.25) is 5.91 Å². The Hall–Kier alpha value is -3.10. The van der Waals surface area contributed by atoms with Crippen LogP contribution in [-0.4, -0.2) is 69.9 Å². The Morgan fingerprint density at radius 1 is 1.03 bits per heavy atom. The van der Waals surface area contributed by atoms with Crippen LogP contribution in [0.3, 0.4) is 0 Å². The number of piperidine rings is 2. The molecule has 9 nitrogen and oxygen atoms in total. The molecule has 0 saturated carbocycles. The fourth-order valence-corrected chi connectivity index (χ4v) is 5.33. The third-order valence-corrected chi connectivity index (χ3v) is 7.28. The van der Waals surface area contributed by atoms with Crippen molar-refractivity contribution in [1.29, 1.82) is 0 Å². The van der Waals surface area contributed by atoms with Crippen LogP contribution in [0.1, 0.15) is 54.6 Å². The number of hydrogen-bond donors (Lipinski definition) is 0. The molecular formula is C24H31N5O4. The number of ether oxygens (including phenoxy) is 2. The van der Waals surface area contributed by atoms with Crippen molar-refractivity contribution < 1.29 is 19.1 Å². The van der Waals surface area contributed by atoms with Crippen LogP contribution >= 0.6 is 0 Å². The lowest BCUT2D eigenvalue weighted by atomic mass is 9.72. The number of fused-ring (bicyclic) bond motifs is 6. The van der Waals surface area contributed by atoms with Crippen LogP contribution in [0.25, 0.3) is 0 Å². The zero-order valence-electron chi connectivity index (χ0n) is 19.2. The molecule has 176 valence electrons. The van der Waals surface area contributed by atoms with E-state index in [1.54, 1.807) is 30.0 Å². The highest BCUT2D eigenvalue weighted by molar-refractivity contribution is 5.95. The Morgan fingerprint density at radius 2 is 1.88 bits per heavy atom. The summed E-state index contributed by atoms with van der Waals surface area (Å²) in [5.41, 5.74) is 1.39. The highest BCUT2D eigenvalue weighted by atomic mass is 16.5. The third kappa shape index (κ3) is 4.54. The SMILES string of the molecule is COc1ccc2cc1OCc1cn(nn1)CCCC(=O)N1CCCC3(CCN(CC3)C2=O)C1. The molecule has 2 amide bonds. The van der Waals surface area contributed by atoms with E-state index in [0.717, 1.165) is 45.2 Å². The first-order valence-corrected chi connectivity index (χ1v) is 11.8. The van der Waals surface area contributed by atoms with E-state index in [2.05, 4.69) is 10.3 Å². The molecule has 7 bridgehead atoms. The first kappa shape index (κ1) is 21.7. The fourth-order valence-electron chi connectivity index (χ4n) is 5.33. The molecule has 0 unspecified atom stereocenters. The summed E-state index contributed by atoms with van der Waals surface area (Å²) in [5.74, 6) is 1.31. The summed E-state index contributed by atoms with van der Waals surface area (Å²) >= 11 is 0. The Morgan fingerprint density at radius 3 is 2.70 bits per heavy atom. The molecule has 9 heteroatoms. The lowest BCUT2D eigenvalue weighted by molar-refractivity contribution is -0.135. The van der Waals surface area contributed by atoms with Crippen LogP contribution in [0, 0.1) is 5.41 Å². The van der Waals surface area contributed by atoms with Crippen molar-refractivity contribution in [3.8, 4) is 11.5 Å². The molecule has 2 aromatic rings. The number of hydrogen-bond acceptors (Lipinski definition) is 6. The van der Waals surface area contributed by atoms with Gasteiger partial charge in [0.1, 0.15) is 12.3 Å². The van der Waals surface area contributed by atoms with Crippen molar-refractivity contribution in [3.05, 3.63) is 35.7 Å². The number of benzene rings is 1. The van der Waals surface area contributed by atoms with E-state index in [-0.39, 0.29) is 23.8 Å². The largest absolute Gasteiger partial charge is 0.493 e. The molecule has 1 spiro atoms. The van der Waals surface area contributed by atoms with Gasteiger partial charge in [0.05, 0.1) is 13.3 Å². The second kappa shape index (κ2) is 9.03. The van der Waals surface area contributed by atoms with Gasteiger partial charge in [-0.3, -0.25) is 14.3 Å². The molecule has 33 heavy (non-hydrogen) atoms. The van der Waals surface area contributed by atoms with Gasteiger partial charge in [-0.15, -0.1) is 5.10 Å². The zero-order valence-corrected chi connectivity index (χ0v) is 19.2. The molecule has 1 aromatic heterocycles. The van der Waals surface area contributed by atoms with Gasteiger partial charge in [0.15, 0.2) is 11.5 Å². The van der Waals surface area contributed by atoms with Crippen LogP contribution in [0.5, 0.6) is 11.5 Å². The minimum Gasteiger partial charge on any atom is -0.493 e. The van der Waals surface area contributed by atoms with E-state index in [9.17, 15) is 9.59 Å². The fraction of sp³-hybridized carbons (Fsp3) is 0.583. The van der Waals surface area contributed by atoms with Crippen molar-refractivity contribution in [2.24, 2.45) is 5.41 Å². The summed E-state index contributed by atoms with van der Waals surface area (Å²) in [6, 6.07) is 5.32. The monoisotopic (exact) mass is 453 g/mol. The predicted octanol–water partition coefficient (Wildman–Crippen LogP) is 2.50. The Balaban J connectivity index is 1.42.